The second-order valence-electron chi connectivity index (χ2n) is 6.20. The second-order valence-corrected chi connectivity index (χ2v) is 7.41. The summed E-state index contributed by atoms with van der Waals surface area (Å²) in [6, 6.07) is 4.11. The molecule has 0 spiro atoms. The summed E-state index contributed by atoms with van der Waals surface area (Å²) in [4.78, 5) is 42.1. The van der Waals surface area contributed by atoms with Gasteiger partial charge in [-0.1, -0.05) is 0 Å². The third-order valence-corrected chi connectivity index (χ3v) is 5.56. The number of carbonyl (C=O) groups is 1. The Morgan fingerprint density at radius 3 is 2.71 bits per heavy atom. The van der Waals surface area contributed by atoms with Crippen LogP contribution in [-0.2, 0) is 11.3 Å². The zero-order chi connectivity index (χ0) is 20.6. The molecule has 0 saturated heterocycles. The van der Waals surface area contributed by atoms with Crippen molar-refractivity contribution in [3.8, 4) is 5.75 Å². The van der Waals surface area contributed by atoms with Crippen LogP contribution >= 0.6 is 11.3 Å². The van der Waals surface area contributed by atoms with Crippen LogP contribution in [0.15, 0.2) is 23.0 Å². The fourth-order valence-electron chi connectivity index (χ4n) is 2.84. The van der Waals surface area contributed by atoms with E-state index in [0.29, 0.717) is 21.8 Å². The lowest BCUT2D eigenvalue weighted by molar-refractivity contribution is -0.384. The Labute approximate surface area is 163 Å². The van der Waals surface area contributed by atoms with Crippen LogP contribution in [0.25, 0.3) is 10.2 Å². The van der Waals surface area contributed by atoms with Gasteiger partial charge in [0.15, 0.2) is 0 Å². The van der Waals surface area contributed by atoms with E-state index < -0.39 is 10.8 Å². The number of anilines is 1. The molecule has 10 heteroatoms. The molecule has 1 amide bonds. The van der Waals surface area contributed by atoms with Gasteiger partial charge in [-0.15, -0.1) is 11.3 Å². The molecule has 3 aromatic rings. The van der Waals surface area contributed by atoms with Crippen molar-refractivity contribution in [3.63, 3.8) is 0 Å². The number of carbonyl (C=O) groups excluding carboxylic acids is 1. The average Bonchev–Trinajstić information content (AvgIpc) is 2.92. The van der Waals surface area contributed by atoms with Crippen molar-refractivity contribution in [3.05, 3.63) is 54.9 Å². The number of rotatable bonds is 5. The van der Waals surface area contributed by atoms with Gasteiger partial charge in [0.25, 0.3) is 11.2 Å². The summed E-state index contributed by atoms with van der Waals surface area (Å²) >= 11 is 1.43. The molecule has 146 valence electrons. The molecular weight excluding hydrogens is 384 g/mol. The number of ether oxygens (including phenoxy) is 1. The lowest BCUT2D eigenvalue weighted by Gasteiger charge is -2.11. The molecule has 3 rings (SSSR count). The summed E-state index contributed by atoms with van der Waals surface area (Å²) in [5, 5.41) is 14.2. The number of benzene rings is 1. The minimum absolute atomic E-state index is 0.0260. The highest BCUT2D eigenvalue weighted by Crippen LogP contribution is 2.29. The molecule has 0 aliphatic rings. The van der Waals surface area contributed by atoms with Crippen LogP contribution in [0.5, 0.6) is 5.75 Å². The Bertz CT molecular complexity index is 1160. The lowest BCUT2D eigenvalue weighted by Crippen LogP contribution is -2.30. The number of methoxy groups -OCH3 is 1. The first-order chi connectivity index (χ1) is 13.2. The monoisotopic (exact) mass is 402 g/mol. The number of hydrogen-bond acceptors (Lipinski definition) is 7. The highest BCUT2D eigenvalue weighted by molar-refractivity contribution is 7.18. The topological polar surface area (TPSA) is 116 Å². The molecule has 0 bridgehead atoms. The van der Waals surface area contributed by atoms with Gasteiger partial charge in [0.1, 0.15) is 28.6 Å². The van der Waals surface area contributed by atoms with Crippen molar-refractivity contribution >= 4 is 38.8 Å². The molecule has 1 aromatic carbocycles. The predicted octanol–water partition coefficient (Wildman–Crippen LogP) is 2.94. The molecule has 9 nitrogen and oxygen atoms in total. The molecule has 0 fully saturated rings. The largest absolute Gasteiger partial charge is 0.496 e. The Kier molecular flexibility index (Phi) is 5.14. The van der Waals surface area contributed by atoms with Crippen LogP contribution in [0, 0.1) is 30.9 Å². The SMILES string of the molecule is COc1ccc(NC(=O)Cn2c(C)nc3sc(C)c(C)c3c2=O)c([N+](=O)[O-])c1. The zero-order valence-electron chi connectivity index (χ0n) is 15.7. The Morgan fingerprint density at radius 1 is 1.36 bits per heavy atom. The van der Waals surface area contributed by atoms with Crippen LogP contribution in [-0.4, -0.2) is 27.5 Å². The molecule has 0 radical (unpaired) electrons. The third-order valence-electron chi connectivity index (χ3n) is 4.46. The summed E-state index contributed by atoms with van der Waals surface area (Å²) in [6.45, 7) is 5.10. The molecule has 0 aliphatic carbocycles. The first-order valence-corrected chi connectivity index (χ1v) is 9.14. The van der Waals surface area contributed by atoms with E-state index in [0.717, 1.165) is 10.4 Å². The van der Waals surface area contributed by atoms with Crippen LogP contribution in [0.2, 0.25) is 0 Å². The van der Waals surface area contributed by atoms with Crippen molar-refractivity contribution in [1.82, 2.24) is 9.55 Å². The quantitative estimate of drug-likeness (QED) is 0.518. The van der Waals surface area contributed by atoms with Gasteiger partial charge in [-0.2, -0.15) is 0 Å². The van der Waals surface area contributed by atoms with Crippen LogP contribution in [0.3, 0.4) is 0 Å². The number of nitro benzene ring substituents is 1. The van der Waals surface area contributed by atoms with Gasteiger partial charge < -0.3 is 10.1 Å². The maximum absolute atomic E-state index is 12.9. The summed E-state index contributed by atoms with van der Waals surface area (Å²) in [7, 11) is 1.39. The summed E-state index contributed by atoms with van der Waals surface area (Å²) in [5.41, 5.74) is 0.272. The fraction of sp³-hybridized carbons (Fsp3) is 0.278. The molecule has 0 saturated carbocycles. The van der Waals surface area contributed by atoms with E-state index in [4.69, 9.17) is 4.74 Å². The molecule has 0 aliphatic heterocycles. The van der Waals surface area contributed by atoms with Crippen LogP contribution in [0.4, 0.5) is 11.4 Å². The number of amides is 1. The second kappa shape index (κ2) is 7.39. The number of hydrogen-bond donors (Lipinski definition) is 1. The van der Waals surface area contributed by atoms with Gasteiger partial charge in [0, 0.05) is 4.88 Å². The van der Waals surface area contributed by atoms with Gasteiger partial charge in [0.05, 0.1) is 23.5 Å². The van der Waals surface area contributed by atoms with E-state index >= 15 is 0 Å². The maximum Gasteiger partial charge on any atom is 0.296 e. The molecule has 0 atom stereocenters. The van der Waals surface area contributed by atoms with Gasteiger partial charge in [-0.05, 0) is 38.5 Å². The molecule has 1 N–H and O–H groups in total. The molecule has 0 unspecified atom stereocenters. The first-order valence-electron chi connectivity index (χ1n) is 8.32. The minimum Gasteiger partial charge on any atom is -0.496 e. The summed E-state index contributed by atoms with van der Waals surface area (Å²) in [6.07, 6.45) is 0. The Morgan fingerprint density at radius 2 is 2.07 bits per heavy atom. The van der Waals surface area contributed by atoms with E-state index in [-0.39, 0.29) is 23.5 Å². The smallest absolute Gasteiger partial charge is 0.296 e. The highest BCUT2D eigenvalue weighted by atomic mass is 32.1. The predicted molar refractivity (Wildman–Crippen MR) is 106 cm³/mol. The van der Waals surface area contributed by atoms with Crippen molar-refractivity contribution in [1.29, 1.82) is 0 Å². The Balaban J connectivity index is 1.93. The highest BCUT2D eigenvalue weighted by Gasteiger charge is 2.20. The molecular formula is C18H18N4O5S. The Hall–Kier alpha value is -3.27. The first kappa shape index (κ1) is 19.5. The number of aryl methyl sites for hydroxylation is 3. The van der Waals surface area contributed by atoms with Gasteiger partial charge in [-0.3, -0.25) is 24.3 Å². The van der Waals surface area contributed by atoms with E-state index in [1.165, 1.54) is 41.2 Å². The fourth-order valence-corrected chi connectivity index (χ4v) is 3.91. The number of aromatic nitrogens is 2. The molecule has 28 heavy (non-hydrogen) atoms. The van der Waals surface area contributed by atoms with E-state index in [1.54, 1.807) is 6.92 Å². The van der Waals surface area contributed by atoms with Gasteiger partial charge in [0.2, 0.25) is 5.91 Å². The molecule has 2 heterocycles. The normalized spacial score (nSPS) is 10.9. The number of nitro groups is 1. The van der Waals surface area contributed by atoms with Gasteiger partial charge >= 0.3 is 0 Å². The zero-order valence-corrected chi connectivity index (χ0v) is 16.5. The average molecular weight is 402 g/mol. The number of nitrogens with zero attached hydrogens (tertiary/aromatic N) is 3. The number of nitrogens with one attached hydrogen (secondary N) is 1. The minimum atomic E-state index is -0.610. The number of thiophene rings is 1. The van der Waals surface area contributed by atoms with Crippen molar-refractivity contribution in [2.75, 3.05) is 12.4 Å². The van der Waals surface area contributed by atoms with Crippen LogP contribution < -0.4 is 15.6 Å². The van der Waals surface area contributed by atoms with Crippen molar-refractivity contribution in [2.24, 2.45) is 0 Å². The molecule has 2 aromatic heterocycles. The maximum atomic E-state index is 12.9. The summed E-state index contributed by atoms with van der Waals surface area (Å²) < 4.78 is 6.25. The van der Waals surface area contributed by atoms with Crippen molar-refractivity contribution in [2.45, 2.75) is 27.3 Å². The lowest BCUT2D eigenvalue weighted by atomic mass is 10.2. The van der Waals surface area contributed by atoms with E-state index in [2.05, 4.69) is 10.3 Å². The third kappa shape index (κ3) is 3.46. The van der Waals surface area contributed by atoms with Gasteiger partial charge in [-0.25, -0.2) is 4.98 Å². The summed E-state index contributed by atoms with van der Waals surface area (Å²) in [5.74, 6) is 0.136. The number of fused-ring (bicyclic) bond motifs is 1. The van der Waals surface area contributed by atoms with Crippen molar-refractivity contribution < 1.29 is 14.5 Å². The van der Waals surface area contributed by atoms with E-state index in [1.807, 2.05) is 13.8 Å². The van der Waals surface area contributed by atoms with E-state index in [9.17, 15) is 19.7 Å². The standard InChI is InChI=1S/C18H18N4O5S/c1-9-10(2)28-17-16(9)18(24)21(11(3)19-17)8-15(23)20-13-6-5-12(27-4)7-14(13)22(25)26/h5-7H,8H2,1-4H3,(H,20,23). The van der Waals surface area contributed by atoms with Crippen LogP contribution in [0.1, 0.15) is 16.3 Å².